The molecule has 0 aliphatic heterocycles. The van der Waals surface area contributed by atoms with E-state index in [1.165, 1.54) is 48.5 Å². The lowest BCUT2D eigenvalue weighted by atomic mass is 10.0. The topological polar surface area (TPSA) is 111 Å². The van der Waals surface area contributed by atoms with Crippen LogP contribution in [0.15, 0.2) is 48.5 Å². The molecule has 2 amide bonds. The molecule has 0 aliphatic rings. The maximum atomic E-state index is 12.5. The first-order chi connectivity index (χ1) is 14.7. The number of ether oxygens (including phenoxy) is 2. The number of hydrogen-bond acceptors (Lipinski definition) is 6. The molecule has 0 radical (unpaired) electrons. The highest BCUT2D eigenvalue weighted by atomic mass is 16.6. The first kappa shape index (κ1) is 24.6. The quantitative estimate of drug-likeness (QED) is 0.473. The average molecular weight is 440 g/mol. The summed E-state index contributed by atoms with van der Waals surface area (Å²) in [5.41, 5.74) is -0.0441. The minimum atomic E-state index is -0.693. The number of ketones is 2. The molecule has 0 bridgehead atoms. The van der Waals surface area contributed by atoms with Gasteiger partial charge in [-0.3, -0.25) is 20.2 Å². The van der Waals surface area contributed by atoms with Gasteiger partial charge in [-0.2, -0.15) is 0 Å². The molecule has 0 aliphatic carbocycles. The molecule has 0 saturated heterocycles. The molecule has 0 saturated carbocycles. The minimum absolute atomic E-state index is 0.181. The molecule has 0 aromatic heterocycles. The summed E-state index contributed by atoms with van der Waals surface area (Å²) in [5, 5.41) is 5.12. The number of Topliss-reactive ketones (excluding diaryl/α,β-unsaturated/α-hetero) is 2. The third-order valence-electron chi connectivity index (χ3n) is 3.79. The zero-order valence-corrected chi connectivity index (χ0v) is 19.1. The van der Waals surface area contributed by atoms with Crippen LogP contribution in [-0.2, 0) is 9.47 Å². The smallest absolute Gasteiger partial charge is 0.412 e. The van der Waals surface area contributed by atoms with E-state index in [2.05, 4.69) is 10.6 Å². The number of rotatable bonds is 5. The molecule has 0 atom stereocenters. The molecule has 8 nitrogen and oxygen atoms in total. The zero-order valence-electron chi connectivity index (χ0n) is 19.1. The Hall–Kier alpha value is -3.68. The zero-order chi connectivity index (χ0) is 24.1. The van der Waals surface area contributed by atoms with E-state index in [9.17, 15) is 19.2 Å². The van der Waals surface area contributed by atoms with E-state index in [0.717, 1.165) is 0 Å². The molecule has 0 unspecified atom stereocenters. The monoisotopic (exact) mass is 440 g/mol. The molecule has 8 heteroatoms. The van der Waals surface area contributed by atoms with Crippen molar-refractivity contribution < 1.29 is 28.7 Å². The van der Waals surface area contributed by atoms with Crippen molar-refractivity contribution in [3.63, 3.8) is 0 Å². The standard InChI is InChI=1S/C24H28N2O6/c1-23(2,3)31-21(29)25-17-11-7-15(8-12-17)19(27)20(28)16-9-13-18(14-10-16)26-22(30)32-24(4,5)6/h7-14H,1-6H3,(H,25,29)(H,26,30). The molecule has 2 aromatic carbocycles. The van der Waals surface area contributed by atoms with E-state index >= 15 is 0 Å². The van der Waals surface area contributed by atoms with Gasteiger partial charge in [-0.25, -0.2) is 9.59 Å². The second kappa shape index (κ2) is 9.64. The van der Waals surface area contributed by atoms with E-state index in [-0.39, 0.29) is 11.1 Å². The Morgan fingerprint density at radius 2 is 0.844 bits per heavy atom. The molecule has 170 valence electrons. The van der Waals surface area contributed by atoms with Crippen LogP contribution >= 0.6 is 0 Å². The third-order valence-corrected chi connectivity index (χ3v) is 3.79. The largest absolute Gasteiger partial charge is 0.444 e. The van der Waals surface area contributed by atoms with Gasteiger partial charge in [-0.15, -0.1) is 0 Å². The van der Waals surface area contributed by atoms with Gasteiger partial charge in [-0.1, -0.05) is 0 Å². The second-order valence-electron chi connectivity index (χ2n) is 9.07. The Balaban J connectivity index is 2.00. The lowest BCUT2D eigenvalue weighted by Gasteiger charge is -2.19. The van der Waals surface area contributed by atoms with Gasteiger partial charge in [0.2, 0.25) is 11.6 Å². The van der Waals surface area contributed by atoms with Crippen LogP contribution in [0.5, 0.6) is 0 Å². The summed E-state index contributed by atoms with van der Waals surface area (Å²) >= 11 is 0. The summed E-state index contributed by atoms with van der Waals surface area (Å²) in [7, 11) is 0. The SMILES string of the molecule is CC(C)(C)OC(=O)Nc1ccc(C(=O)C(=O)c2ccc(NC(=O)OC(C)(C)C)cc2)cc1. The molecule has 0 heterocycles. The van der Waals surface area contributed by atoms with Crippen molar-refractivity contribution in [1.29, 1.82) is 0 Å². The van der Waals surface area contributed by atoms with Crippen molar-refractivity contribution in [3.8, 4) is 0 Å². The average Bonchev–Trinajstić information content (AvgIpc) is 2.65. The summed E-state index contributed by atoms with van der Waals surface area (Å²) in [4.78, 5) is 48.7. The highest BCUT2D eigenvalue weighted by Crippen LogP contribution is 2.17. The van der Waals surface area contributed by atoms with Gasteiger partial charge in [-0.05, 0) is 90.1 Å². The van der Waals surface area contributed by atoms with E-state index < -0.39 is 35.0 Å². The van der Waals surface area contributed by atoms with Crippen molar-refractivity contribution in [3.05, 3.63) is 59.7 Å². The Bertz CT molecular complexity index is 913. The van der Waals surface area contributed by atoms with Crippen molar-refractivity contribution in [2.75, 3.05) is 10.6 Å². The number of carbonyl (C=O) groups is 4. The molecular weight excluding hydrogens is 412 g/mol. The summed E-state index contributed by atoms with van der Waals surface area (Å²) in [6, 6.07) is 11.8. The summed E-state index contributed by atoms with van der Waals surface area (Å²) in [6.07, 6.45) is -1.24. The molecule has 32 heavy (non-hydrogen) atoms. The Morgan fingerprint density at radius 3 is 1.09 bits per heavy atom. The van der Waals surface area contributed by atoms with Crippen LogP contribution in [0.3, 0.4) is 0 Å². The highest BCUT2D eigenvalue weighted by molar-refractivity contribution is 6.49. The summed E-state index contributed by atoms with van der Waals surface area (Å²) in [6.45, 7) is 10.5. The van der Waals surface area contributed by atoms with Gasteiger partial charge in [0, 0.05) is 22.5 Å². The second-order valence-corrected chi connectivity index (χ2v) is 9.07. The van der Waals surface area contributed by atoms with Crippen LogP contribution in [0.25, 0.3) is 0 Å². The third kappa shape index (κ3) is 7.86. The van der Waals surface area contributed by atoms with Crippen molar-refractivity contribution in [1.82, 2.24) is 0 Å². The fourth-order valence-electron chi connectivity index (χ4n) is 2.51. The first-order valence-corrected chi connectivity index (χ1v) is 10.0. The first-order valence-electron chi connectivity index (χ1n) is 10.0. The maximum absolute atomic E-state index is 12.5. The fraction of sp³-hybridized carbons (Fsp3) is 0.333. The molecule has 2 aromatic rings. The van der Waals surface area contributed by atoms with E-state index in [4.69, 9.17) is 9.47 Å². The number of amides is 2. The summed E-state index contributed by atoms with van der Waals surface area (Å²) < 4.78 is 10.3. The van der Waals surface area contributed by atoms with Crippen LogP contribution in [-0.4, -0.2) is 35.0 Å². The highest BCUT2D eigenvalue weighted by Gasteiger charge is 2.20. The number of nitrogens with one attached hydrogen (secondary N) is 2. The Labute approximate surface area is 187 Å². The van der Waals surface area contributed by atoms with Crippen LogP contribution in [0.2, 0.25) is 0 Å². The predicted octanol–water partition coefficient (Wildman–Crippen LogP) is 5.45. The van der Waals surface area contributed by atoms with Crippen LogP contribution < -0.4 is 10.6 Å². The van der Waals surface area contributed by atoms with Crippen LogP contribution in [0.4, 0.5) is 21.0 Å². The molecule has 2 rings (SSSR count). The lowest BCUT2D eigenvalue weighted by Crippen LogP contribution is -2.27. The molecular formula is C24H28N2O6. The molecule has 2 N–H and O–H groups in total. The van der Waals surface area contributed by atoms with Crippen molar-refractivity contribution in [2.24, 2.45) is 0 Å². The molecule has 0 fully saturated rings. The maximum Gasteiger partial charge on any atom is 0.412 e. The Morgan fingerprint density at radius 1 is 0.562 bits per heavy atom. The van der Waals surface area contributed by atoms with Gasteiger partial charge in [0.1, 0.15) is 11.2 Å². The number of hydrogen-bond donors (Lipinski definition) is 2. The van der Waals surface area contributed by atoms with Crippen LogP contribution in [0, 0.1) is 0 Å². The minimum Gasteiger partial charge on any atom is -0.444 e. The summed E-state index contributed by atoms with van der Waals surface area (Å²) in [5.74, 6) is -1.39. The van der Waals surface area contributed by atoms with Crippen molar-refractivity contribution in [2.45, 2.75) is 52.7 Å². The van der Waals surface area contributed by atoms with Gasteiger partial charge in [0.15, 0.2) is 0 Å². The van der Waals surface area contributed by atoms with Gasteiger partial charge >= 0.3 is 12.2 Å². The van der Waals surface area contributed by atoms with Crippen LogP contribution in [0.1, 0.15) is 62.3 Å². The number of benzene rings is 2. The van der Waals surface area contributed by atoms with E-state index in [1.807, 2.05) is 0 Å². The van der Waals surface area contributed by atoms with Crippen molar-refractivity contribution >= 4 is 35.1 Å². The predicted molar refractivity (Wildman–Crippen MR) is 121 cm³/mol. The number of anilines is 2. The van der Waals surface area contributed by atoms with Gasteiger partial charge in [0.25, 0.3) is 0 Å². The van der Waals surface area contributed by atoms with Gasteiger partial charge in [0.05, 0.1) is 0 Å². The van der Waals surface area contributed by atoms with E-state index in [1.54, 1.807) is 41.5 Å². The number of carbonyl (C=O) groups excluding carboxylic acids is 4. The normalized spacial score (nSPS) is 11.3. The Kier molecular flexibility index (Phi) is 7.40. The molecule has 0 spiro atoms. The van der Waals surface area contributed by atoms with Gasteiger partial charge < -0.3 is 9.47 Å². The van der Waals surface area contributed by atoms with E-state index in [0.29, 0.717) is 11.4 Å². The lowest BCUT2D eigenvalue weighted by molar-refractivity contribution is 0.0624. The fourth-order valence-corrected chi connectivity index (χ4v) is 2.51.